The standard InChI is InChI=1S/C39H40Br2N4O5/c1-44(2)29-11-12-32-25(18-39(48)50-37(32)22-29)17-38(47)42-15-4-3-5-16-49-31-8-6-7-28(21-31)43-23-30(46)24-45-35-13-9-26(40)19-33(35)34-20-27(41)10-14-36(34)45/h6-14,18-22,30,43,46H,3-5,15-17,23-24H2,1-2H3,(H,42,47). The second-order valence-electron chi connectivity index (χ2n) is 12.6. The van der Waals surface area contributed by atoms with Gasteiger partial charge >= 0.3 is 5.63 Å². The molecule has 11 heteroatoms. The minimum absolute atomic E-state index is 0.115. The molecule has 0 saturated heterocycles. The summed E-state index contributed by atoms with van der Waals surface area (Å²) in [6, 6.07) is 27.3. The Hall–Kier alpha value is -4.32. The average molecular weight is 805 g/mol. The number of amides is 1. The number of aliphatic hydroxyl groups excluding tert-OH is 1. The van der Waals surface area contributed by atoms with E-state index in [1.807, 2.05) is 73.6 Å². The molecule has 0 aliphatic heterocycles. The number of carbonyl (C=O) groups is 1. The van der Waals surface area contributed by atoms with Crippen LogP contribution in [0.1, 0.15) is 24.8 Å². The molecule has 2 heterocycles. The molecule has 0 fully saturated rings. The van der Waals surface area contributed by atoms with E-state index >= 15 is 0 Å². The number of benzene rings is 4. The average Bonchev–Trinajstić information content (AvgIpc) is 3.37. The van der Waals surface area contributed by atoms with E-state index in [1.54, 1.807) is 0 Å². The van der Waals surface area contributed by atoms with Crippen LogP contribution in [0, 0.1) is 0 Å². The lowest BCUT2D eigenvalue weighted by Crippen LogP contribution is -2.26. The van der Waals surface area contributed by atoms with Gasteiger partial charge in [-0.1, -0.05) is 37.9 Å². The summed E-state index contributed by atoms with van der Waals surface area (Å²) in [6.45, 7) is 1.94. The summed E-state index contributed by atoms with van der Waals surface area (Å²) < 4.78 is 15.6. The van der Waals surface area contributed by atoms with Gasteiger partial charge in [-0.15, -0.1) is 0 Å². The second-order valence-corrected chi connectivity index (χ2v) is 14.4. The first-order valence-corrected chi connectivity index (χ1v) is 18.3. The molecule has 4 aromatic carbocycles. The number of unbranched alkanes of at least 4 members (excludes halogenated alkanes) is 2. The molecular weight excluding hydrogens is 764 g/mol. The Kier molecular flexibility index (Phi) is 11.5. The van der Waals surface area contributed by atoms with Gasteiger partial charge in [0.2, 0.25) is 5.91 Å². The lowest BCUT2D eigenvalue weighted by molar-refractivity contribution is -0.120. The minimum atomic E-state index is -0.617. The van der Waals surface area contributed by atoms with Crippen molar-refractivity contribution in [1.82, 2.24) is 9.88 Å². The van der Waals surface area contributed by atoms with Crippen molar-refractivity contribution >= 4 is 81.9 Å². The molecule has 0 saturated carbocycles. The first kappa shape index (κ1) is 35.5. The van der Waals surface area contributed by atoms with Crippen molar-refractivity contribution < 1.29 is 19.1 Å². The normalized spacial score (nSPS) is 12.0. The first-order chi connectivity index (χ1) is 24.1. The molecule has 6 rings (SSSR count). The molecule has 50 heavy (non-hydrogen) atoms. The maximum atomic E-state index is 12.6. The molecule has 1 atom stereocenters. The van der Waals surface area contributed by atoms with Crippen LogP contribution in [0.4, 0.5) is 11.4 Å². The van der Waals surface area contributed by atoms with Gasteiger partial charge in [-0.05, 0) is 85.5 Å². The highest BCUT2D eigenvalue weighted by atomic mass is 79.9. The number of carbonyl (C=O) groups excluding carboxylic acids is 1. The van der Waals surface area contributed by atoms with Crippen LogP contribution in [0.5, 0.6) is 5.75 Å². The summed E-state index contributed by atoms with van der Waals surface area (Å²) in [7, 11) is 3.84. The van der Waals surface area contributed by atoms with E-state index in [2.05, 4.69) is 71.3 Å². The van der Waals surface area contributed by atoms with Gasteiger partial charge in [-0.2, -0.15) is 0 Å². The highest BCUT2D eigenvalue weighted by molar-refractivity contribution is 9.10. The molecule has 1 amide bonds. The van der Waals surface area contributed by atoms with Gasteiger partial charge in [0.05, 0.1) is 25.7 Å². The Labute approximate surface area is 307 Å². The number of anilines is 2. The summed E-state index contributed by atoms with van der Waals surface area (Å²) in [5.74, 6) is 0.629. The second kappa shape index (κ2) is 16.1. The number of aromatic nitrogens is 1. The highest BCUT2D eigenvalue weighted by Gasteiger charge is 2.15. The van der Waals surface area contributed by atoms with Crippen molar-refractivity contribution in [1.29, 1.82) is 0 Å². The molecule has 0 aliphatic carbocycles. The van der Waals surface area contributed by atoms with Gasteiger partial charge in [-0.3, -0.25) is 4.79 Å². The van der Waals surface area contributed by atoms with Crippen molar-refractivity contribution in [2.45, 2.75) is 38.3 Å². The monoisotopic (exact) mass is 802 g/mol. The zero-order valence-electron chi connectivity index (χ0n) is 28.0. The number of hydrogen-bond acceptors (Lipinski definition) is 7. The fraction of sp³-hybridized carbons (Fsp3) is 0.282. The van der Waals surface area contributed by atoms with Gasteiger partial charge in [-0.25, -0.2) is 4.79 Å². The lowest BCUT2D eigenvalue weighted by Gasteiger charge is -2.16. The highest BCUT2D eigenvalue weighted by Crippen LogP contribution is 2.33. The van der Waals surface area contributed by atoms with Crippen LogP contribution in [0.15, 0.2) is 103 Å². The largest absolute Gasteiger partial charge is 0.494 e. The van der Waals surface area contributed by atoms with Gasteiger partial charge < -0.3 is 34.4 Å². The summed E-state index contributed by atoms with van der Waals surface area (Å²) in [5, 5.41) is 20.4. The molecule has 0 radical (unpaired) electrons. The molecule has 260 valence electrons. The van der Waals surface area contributed by atoms with E-state index in [9.17, 15) is 14.7 Å². The number of fused-ring (bicyclic) bond motifs is 4. The van der Waals surface area contributed by atoms with Crippen molar-refractivity contribution in [3.8, 4) is 5.75 Å². The van der Waals surface area contributed by atoms with Crippen LogP contribution >= 0.6 is 31.9 Å². The van der Waals surface area contributed by atoms with E-state index in [0.717, 1.165) is 72.5 Å². The summed E-state index contributed by atoms with van der Waals surface area (Å²) in [6.07, 6.45) is 2.06. The molecular formula is C39H40Br2N4O5. The smallest absolute Gasteiger partial charge is 0.336 e. The quantitative estimate of drug-likeness (QED) is 0.0717. The summed E-state index contributed by atoms with van der Waals surface area (Å²) >= 11 is 7.19. The predicted octanol–water partition coefficient (Wildman–Crippen LogP) is 7.87. The number of aliphatic hydroxyl groups is 1. The van der Waals surface area contributed by atoms with E-state index in [4.69, 9.17) is 9.15 Å². The van der Waals surface area contributed by atoms with Crippen LogP contribution in [0.3, 0.4) is 0 Å². The molecule has 1 unspecified atom stereocenters. The Morgan fingerprint density at radius 3 is 2.36 bits per heavy atom. The Morgan fingerprint density at radius 1 is 0.900 bits per heavy atom. The van der Waals surface area contributed by atoms with Crippen molar-refractivity contribution in [2.24, 2.45) is 0 Å². The zero-order chi connectivity index (χ0) is 35.2. The maximum Gasteiger partial charge on any atom is 0.336 e. The third-order valence-electron chi connectivity index (χ3n) is 8.65. The minimum Gasteiger partial charge on any atom is -0.494 e. The zero-order valence-corrected chi connectivity index (χ0v) is 31.2. The topological polar surface area (TPSA) is 109 Å². The summed E-state index contributed by atoms with van der Waals surface area (Å²) in [5.41, 5.74) is 4.62. The maximum absolute atomic E-state index is 12.6. The van der Waals surface area contributed by atoms with Crippen LogP contribution in [-0.2, 0) is 17.8 Å². The SMILES string of the molecule is CN(C)c1ccc2c(CC(=O)NCCCCCOc3cccc(NCC(O)Cn4c5ccc(Br)cc5c5cc(Br)ccc54)c3)cc(=O)oc2c1. The molecule has 6 aromatic rings. The number of nitrogens with zero attached hydrogens (tertiary/aromatic N) is 2. The molecule has 2 aromatic heterocycles. The molecule has 0 spiro atoms. The lowest BCUT2D eigenvalue weighted by atomic mass is 10.1. The van der Waals surface area contributed by atoms with Gasteiger partial charge in [0.1, 0.15) is 11.3 Å². The van der Waals surface area contributed by atoms with E-state index < -0.39 is 11.7 Å². The van der Waals surface area contributed by atoms with Crippen LogP contribution < -0.4 is 25.9 Å². The van der Waals surface area contributed by atoms with Crippen LogP contribution in [0.25, 0.3) is 32.8 Å². The fourth-order valence-electron chi connectivity index (χ4n) is 6.15. The third-order valence-corrected chi connectivity index (χ3v) is 9.64. The van der Waals surface area contributed by atoms with Crippen molar-refractivity contribution in [3.63, 3.8) is 0 Å². The number of nitrogens with one attached hydrogen (secondary N) is 2. The fourth-order valence-corrected chi connectivity index (χ4v) is 6.87. The van der Waals surface area contributed by atoms with Gasteiger partial charge in [0.15, 0.2) is 0 Å². The van der Waals surface area contributed by atoms with Gasteiger partial charge in [0, 0.05) is 92.9 Å². The van der Waals surface area contributed by atoms with Crippen LogP contribution in [-0.4, -0.2) is 55.5 Å². The Bertz CT molecular complexity index is 2140. The number of halogens is 2. The van der Waals surface area contributed by atoms with E-state index in [0.29, 0.717) is 37.4 Å². The number of ether oxygens (including phenoxy) is 1. The van der Waals surface area contributed by atoms with Crippen molar-refractivity contribution in [3.05, 3.63) is 110 Å². The molecule has 9 nitrogen and oxygen atoms in total. The van der Waals surface area contributed by atoms with E-state index in [-0.39, 0.29) is 12.3 Å². The molecule has 0 aliphatic rings. The third kappa shape index (κ3) is 8.69. The van der Waals surface area contributed by atoms with Gasteiger partial charge in [0.25, 0.3) is 0 Å². The first-order valence-electron chi connectivity index (χ1n) is 16.7. The Morgan fingerprint density at radius 2 is 1.64 bits per heavy atom. The summed E-state index contributed by atoms with van der Waals surface area (Å²) in [4.78, 5) is 26.7. The molecule has 3 N–H and O–H groups in total. The number of rotatable bonds is 15. The Balaban J connectivity index is 0.923. The van der Waals surface area contributed by atoms with Crippen molar-refractivity contribution in [2.75, 3.05) is 44.0 Å². The predicted molar refractivity (Wildman–Crippen MR) is 209 cm³/mol. The number of hydrogen-bond donors (Lipinski definition) is 3. The van der Waals surface area contributed by atoms with E-state index in [1.165, 1.54) is 6.07 Å². The molecule has 0 bridgehead atoms. The van der Waals surface area contributed by atoms with Crippen LogP contribution in [0.2, 0.25) is 0 Å².